The highest BCUT2D eigenvalue weighted by molar-refractivity contribution is 4.81. The van der Waals surface area contributed by atoms with Gasteiger partial charge in [0, 0.05) is 0 Å². The minimum absolute atomic E-state index is 1.11. The molecule has 0 saturated carbocycles. The molecule has 29 heavy (non-hydrogen) atoms. The average molecular weight is 405 g/mol. The first-order valence-electron chi connectivity index (χ1n) is 13.6. The molecule has 0 N–H and O–H groups in total. The molecule has 2 radical (unpaired) electrons. The highest BCUT2D eigenvalue weighted by atomic mass is 14.0. The van der Waals surface area contributed by atoms with Crippen molar-refractivity contribution in [1.82, 2.24) is 0 Å². The standard InChI is InChI=1S/C29H56/c1-3-5-7-9-11-13-15-17-19-21-23-25-27-29-28-26-24-22-20-18-16-14-12-10-8-6-4-2/h17,19H,1-16,18,20-29H2/b19-17+. The molecule has 0 fully saturated rings. The van der Waals surface area contributed by atoms with E-state index in [1.165, 1.54) is 148 Å². The highest BCUT2D eigenvalue weighted by Crippen LogP contribution is 2.14. The normalized spacial score (nSPS) is 11.7. The zero-order valence-electron chi connectivity index (χ0n) is 20.2. The Labute approximate surface area is 186 Å². The van der Waals surface area contributed by atoms with E-state index in [2.05, 4.69) is 26.0 Å². The molecule has 0 aromatic rings. The van der Waals surface area contributed by atoms with Crippen LogP contribution in [0.15, 0.2) is 12.2 Å². The Balaban J connectivity index is 3.04. The highest BCUT2D eigenvalue weighted by Gasteiger charge is 1.95. The summed E-state index contributed by atoms with van der Waals surface area (Å²) in [4.78, 5) is 0. The van der Waals surface area contributed by atoms with E-state index in [4.69, 9.17) is 0 Å². The van der Waals surface area contributed by atoms with Gasteiger partial charge in [-0.15, -0.1) is 0 Å². The fraction of sp³-hybridized carbons (Fsp3) is 0.862. The first-order valence-corrected chi connectivity index (χ1v) is 13.6. The molecular weight excluding hydrogens is 348 g/mol. The van der Waals surface area contributed by atoms with Gasteiger partial charge in [-0.05, 0) is 25.7 Å². The smallest absolute Gasteiger partial charge is 0.0351 e. The molecule has 0 heteroatoms. The van der Waals surface area contributed by atoms with Crippen molar-refractivity contribution in [3.63, 3.8) is 0 Å². The fourth-order valence-electron chi connectivity index (χ4n) is 4.12. The Morgan fingerprint density at radius 2 is 0.483 bits per heavy atom. The maximum Gasteiger partial charge on any atom is -0.0351 e. The van der Waals surface area contributed by atoms with Crippen LogP contribution in [0.5, 0.6) is 0 Å². The third kappa shape index (κ3) is 27.7. The molecule has 0 aliphatic heterocycles. The zero-order chi connectivity index (χ0) is 21.1. The lowest BCUT2D eigenvalue weighted by molar-refractivity contribution is 0.528. The minimum atomic E-state index is 1.11. The lowest BCUT2D eigenvalue weighted by Gasteiger charge is -2.03. The molecule has 172 valence electrons. The second-order valence-corrected chi connectivity index (χ2v) is 9.18. The first-order chi connectivity index (χ1) is 14.4. The van der Waals surface area contributed by atoms with E-state index in [0.29, 0.717) is 0 Å². The van der Waals surface area contributed by atoms with Crippen LogP contribution in [0.1, 0.15) is 161 Å². The monoisotopic (exact) mass is 404 g/mol. The molecular formula is C29H56. The van der Waals surface area contributed by atoms with Gasteiger partial charge in [0.25, 0.3) is 0 Å². The van der Waals surface area contributed by atoms with E-state index < -0.39 is 0 Å². The van der Waals surface area contributed by atoms with Crippen molar-refractivity contribution in [2.24, 2.45) is 0 Å². The van der Waals surface area contributed by atoms with Crippen molar-refractivity contribution < 1.29 is 0 Å². The van der Waals surface area contributed by atoms with Crippen molar-refractivity contribution in [2.45, 2.75) is 161 Å². The van der Waals surface area contributed by atoms with Crippen LogP contribution in [0.3, 0.4) is 0 Å². The van der Waals surface area contributed by atoms with Crippen LogP contribution in [0.2, 0.25) is 0 Å². The Morgan fingerprint density at radius 1 is 0.276 bits per heavy atom. The average Bonchev–Trinajstić information content (AvgIpc) is 2.74. The van der Waals surface area contributed by atoms with E-state index in [0.717, 1.165) is 12.8 Å². The van der Waals surface area contributed by atoms with Gasteiger partial charge in [-0.25, -0.2) is 0 Å². The topological polar surface area (TPSA) is 0 Å². The summed E-state index contributed by atoms with van der Waals surface area (Å²) in [5.74, 6) is 0. The molecule has 0 aromatic carbocycles. The third-order valence-corrected chi connectivity index (χ3v) is 6.16. The molecule has 0 spiro atoms. The molecule has 0 atom stereocenters. The summed E-state index contributed by atoms with van der Waals surface area (Å²) in [6.07, 6.45) is 39.7. The lowest BCUT2D eigenvalue weighted by atomic mass is 10.0. The van der Waals surface area contributed by atoms with E-state index in [1.54, 1.807) is 0 Å². The number of unbranched alkanes of at least 4 members (excludes halogenated alkanes) is 23. The second kappa shape index (κ2) is 27.7. The first kappa shape index (κ1) is 28.7. The van der Waals surface area contributed by atoms with Gasteiger partial charge in [0.15, 0.2) is 0 Å². The van der Waals surface area contributed by atoms with E-state index >= 15 is 0 Å². The van der Waals surface area contributed by atoms with Crippen LogP contribution >= 0.6 is 0 Å². The number of rotatable bonds is 25. The van der Waals surface area contributed by atoms with Crippen molar-refractivity contribution in [2.75, 3.05) is 0 Å². The van der Waals surface area contributed by atoms with E-state index in [1.807, 2.05) is 0 Å². The molecule has 0 unspecified atom stereocenters. The van der Waals surface area contributed by atoms with Crippen LogP contribution in [0, 0.1) is 13.8 Å². The molecule has 0 rings (SSSR count). The van der Waals surface area contributed by atoms with Gasteiger partial charge in [-0.2, -0.15) is 0 Å². The van der Waals surface area contributed by atoms with Gasteiger partial charge >= 0.3 is 0 Å². The van der Waals surface area contributed by atoms with Crippen LogP contribution in [0.25, 0.3) is 0 Å². The van der Waals surface area contributed by atoms with Crippen LogP contribution in [-0.4, -0.2) is 0 Å². The predicted octanol–water partition coefficient (Wildman–Crippen LogP) is 11.0. The van der Waals surface area contributed by atoms with Crippen LogP contribution in [0.4, 0.5) is 0 Å². The van der Waals surface area contributed by atoms with Gasteiger partial charge in [0.1, 0.15) is 0 Å². The molecule has 0 saturated heterocycles. The van der Waals surface area contributed by atoms with Crippen molar-refractivity contribution >= 4 is 0 Å². The summed E-state index contributed by atoms with van der Waals surface area (Å²) >= 11 is 0. The molecule has 0 aliphatic carbocycles. The van der Waals surface area contributed by atoms with Gasteiger partial charge in [-0.3, -0.25) is 0 Å². The van der Waals surface area contributed by atoms with Gasteiger partial charge < -0.3 is 0 Å². The second-order valence-electron chi connectivity index (χ2n) is 9.18. The van der Waals surface area contributed by atoms with Gasteiger partial charge in [0.05, 0.1) is 0 Å². The number of hydrogen-bond acceptors (Lipinski definition) is 0. The van der Waals surface area contributed by atoms with Crippen LogP contribution in [-0.2, 0) is 0 Å². The molecule has 0 aromatic heterocycles. The molecule has 0 amide bonds. The van der Waals surface area contributed by atoms with E-state index in [-0.39, 0.29) is 0 Å². The predicted molar refractivity (Wildman–Crippen MR) is 135 cm³/mol. The summed E-state index contributed by atoms with van der Waals surface area (Å²) < 4.78 is 0. The lowest BCUT2D eigenvalue weighted by Crippen LogP contribution is -1.83. The molecule has 0 aliphatic rings. The maximum absolute atomic E-state index is 3.91. The Hall–Kier alpha value is -0.260. The van der Waals surface area contributed by atoms with Crippen molar-refractivity contribution in [3.05, 3.63) is 26.0 Å². The molecule has 0 heterocycles. The summed E-state index contributed by atoms with van der Waals surface area (Å²) in [5, 5.41) is 0. The van der Waals surface area contributed by atoms with Crippen LogP contribution < -0.4 is 0 Å². The van der Waals surface area contributed by atoms with Gasteiger partial charge in [0.2, 0.25) is 0 Å². The zero-order valence-corrected chi connectivity index (χ0v) is 20.2. The third-order valence-electron chi connectivity index (χ3n) is 6.16. The Bertz CT molecular complexity index is 290. The Morgan fingerprint density at radius 3 is 0.724 bits per heavy atom. The molecule has 0 nitrogen and oxygen atoms in total. The molecule has 0 bridgehead atoms. The van der Waals surface area contributed by atoms with E-state index in [9.17, 15) is 0 Å². The summed E-state index contributed by atoms with van der Waals surface area (Å²) in [6, 6.07) is 0. The maximum atomic E-state index is 3.91. The van der Waals surface area contributed by atoms with Crippen molar-refractivity contribution in [1.29, 1.82) is 0 Å². The van der Waals surface area contributed by atoms with Crippen molar-refractivity contribution in [3.8, 4) is 0 Å². The number of allylic oxidation sites excluding steroid dienone is 2. The Kier molecular flexibility index (Phi) is 27.5. The largest absolute Gasteiger partial charge is 0.0885 e. The number of hydrogen-bond donors (Lipinski definition) is 0. The quantitative estimate of drug-likeness (QED) is 0.105. The summed E-state index contributed by atoms with van der Waals surface area (Å²) in [5.41, 5.74) is 0. The summed E-state index contributed by atoms with van der Waals surface area (Å²) in [7, 11) is 0. The van der Waals surface area contributed by atoms with Gasteiger partial charge in [-0.1, -0.05) is 161 Å². The minimum Gasteiger partial charge on any atom is -0.0885 e. The SMILES string of the molecule is [CH2]CCCCCCC/C=C/CCCCCCCCCCCCCCCCCC[CH2]. The fourth-order valence-corrected chi connectivity index (χ4v) is 4.12. The summed E-state index contributed by atoms with van der Waals surface area (Å²) in [6.45, 7) is 7.82.